The zero-order valence-corrected chi connectivity index (χ0v) is 10.2. The molecule has 0 bridgehead atoms. The maximum atomic E-state index is 13.7. The van der Waals surface area contributed by atoms with Gasteiger partial charge in [-0.05, 0) is 6.42 Å². The van der Waals surface area contributed by atoms with Gasteiger partial charge in [0.1, 0.15) is 6.33 Å². The predicted octanol–water partition coefficient (Wildman–Crippen LogP) is 1.40. The Kier molecular flexibility index (Phi) is 4.81. The number of methoxy groups -OCH3 is 1. The lowest BCUT2D eigenvalue weighted by atomic mass is 10.2. The highest BCUT2D eigenvalue weighted by Gasteiger charge is 2.15. The van der Waals surface area contributed by atoms with Crippen molar-refractivity contribution in [3.05, 3.63) is 17.8 Å². The van der Waals surface area contributed by atoms with Gasteiger partial charge in [-0.1, -0.05) is 13.8 Å². The maximum Gasteiger partial charge on any atom is 0.310 e. The van der Waals surface area contributed by atoms with Crippen LogP contribution >= 0.6 is 0 Å². The number of rotatable bonds is 5. The number of aryl methyl sites for hydroxylation is 1. The molecule has 1 aromatic heterocycles. The Bertz CT molecular complexity index is 398. The van der Waals surface area contributed by atoms with Gasteiger partial charge in [-0.15, -0.1) is 0 Å². The lowest BCUT2D eigenvalue weighted by Crippen LogP contribution is -2.22. The monoisotopic (exact) mass is 241 g/mol. The minimum atomic E-state index is -0.466. The van der Waals surface area contributed by atoms with E-state index in [2.05, 4.69) is 20.0 Å². The molecular formula is C11H16FN3O2. The van der Waals surface area contributed by atoms with Gasteiger partial charge in [0, 0.05) is 6.54 Å². The first-order valence-corrected chi connectivity index (χ1v) is 5.41. The van der Waals surface area contributed by atoms with E-state index in [4.69, 9.17) is 0 Å². The molecule has 0 radical (unpaired) electrons. The van der Waals surface area contributed by atoms with Crippen LogP contribution in [0, 0.1) is 11.7 Å². The summed E-state index contributed by atoms with van der Waals surface area (Å²) in [6.45, 7) is 3.77. The van der Waals surface area contributed by atoms with E-state index >= 15 is 0 Å². The summed E-state index contributed by atoms with van der Waals surface area (Å²) >= 11 is 0. The van der Waals surface area contributed by atoms with Crippen LogP contribution in [0.1, 0.15) is 19.5 Å². The zero-order chi connectivity index (χ0) is 12.8. The first kappa shape index (κ1) is 13.3. The molecule has 1 N–H and O–H groups in total. The number of carbonyl (C=O) groups is 1. The molecule has 94 valence electrons. The molecule has 0 aromatic carbocycles. The molecule has 0 aliphatic carbocycles. The summed E-state index contributed by atoms with van der Waals surface area (Å²) in [4.78, 5) is 18.8. The number of esters is 1. The number of hydrogen-bond acceptors (Lipinski definition) is 5. The van der Waals surface area contributed by atoms with Crippen molar-refractivity contribution in [3.8, 4) is 0 Å². The second-order valence-electron chi connectivity index (χ2n) is 3.64. The van der Waals surface area contributed by atoms with Crippen molar-refractivity contribution < 1.29 is 13.9 Å². The molecule has 1 atom stereocenters. The van der Waals surface area contributed by atoms with Crippen molar-refractivity contribution in [1.82, 2.24) is 9.97 Å². The third-order valence-corrected chi connectivity index (χ3v) is 2.38. The van der Waals surface area contributed by atoms with Crippen LogP contribution in [-0.4, -0.2) is 29.6 Å². The second-order valence-corrected chi connectivity index (χ2v) is 3.64. The van der Waals surface area contributed by atoms with Gasteiger partial charge in [0.25, 0.3) is 0 Å². The number of hydrogen-bond donors (Lipinski definition) is 1. The number of nitrogens with zero attached hydrogens (tertiary/aromatic N) is 2. The fourth-order valence-corrected chi connectivity index (χ4v) is 1.31. The Morgan fingerprint density at radius 1 is 1.59 bits per heavy atom. The summed E-state index contributed by atoms with van der Waals surface area (Å²) in [5, 5.41) is 2.78. The van der Waals surface area contributed by atoms with E-state index in [0.29, 0.717) is 12.1 Å². The van der Waals surface area contributed by atoms with E-state index in [1.54, 1.807) is 6.92 Å². The van der Waals surface area contributed by atoms with Gasteiger partial charge in [0.05, 0.1) is 18.7 Å². The maximum absolute atomic E-state index is 13.7. The Hall–Kier alpha value is -1.72. The Morgan fingerprint density at radius 2 is 2.29 bits per heavy atom. The molecule has 1 rings (SSSR count). The highest BCUT2D eigenvalue weighted by atomic mass is 19.1. The number of ether oxygens (including phenoxy) is 1. The number of nitrogens with one attached hydrogen (secondary N) is 1. The van der Waals surface area contributed by atoms with Crippen LogP contribution in [0.15, 0.2) is 6.33 Å². The van der Waals surface area contributed by atoms with Gasteiger partial charge in [-0.3, -0.25) is 4.79 Å². The molecule has 0 saturated heterocycles. The van der Waals surface area contributed by atoms with E-state index in [1.807, 2.05) is 6.92 Å². The number of aromatic nitrogens is 2. The van der Waals surface area contributed by atoms with Crippen LogP contribution in [-0.2, 0) is 16.0 Å². The molecule has 1 aromatic rings. The normalized spacial score (nSPS) is 12.0. The molecule has 0 amide bonds. The zero-order valence-electron chi connectivity index (χ0n) is 10.2. The minimum Gasteiger partial charge on any atom is -0.469 e. The molecule has 1 heterocycles. The van der Waals surface area contributed by atoms with Crippen molar-refractivity contribution in [1.29, 1.82) is 0 Å². The van der Waals surface area contributed by atoms with Crippen LogP contribution in [0.4, 0.5) is 10.2 Å². The molecule has 6 heteroatoms. The Balaban J connectivity index is 2.66. The lowest BCUT2D eigenvalue weighted by molar-refractivity contribution is -0.144. The fourth-order valence-electron chi connectivity index (χ4n) is 1.31. The molecule has 0 aliphatic heterocycles. The molecule has 0 spiro atoms. The van der Waals surface area contributed by atoms with Gasteiger partial charge in [0.15, 0.2) is 11.6 Å². The summed E-state index contributed by atoms with van der Waals surface area (Å²) in [5.41, 5.74) is 0.355. The molecule has 5 nitrogen and oxygen atoms in total. The Labute approximate surface area is 99.4 Å². The van der Waals surface area contributed by atoms with Crippen LogP contribution in [0.25, 0.3) is 0 Å². The van der Waals surface area contributed by atoms with Crippen LogP contribution in [0.3, 0.4) is 0 Å². The van der Waals surface area contributed by atoms with Gasteiger partial charge in [-0.25, -0.2) is 14.4 Å². The van der Waals surface area contributed by atoms with Crippen molar-refractivity contribution in [2.75, 3.05) is 19.0 Å². The largest absolute Gasteiger partial charge is 0.469 e. The molecule has 1 unspecified atom stereocenters. The predicted molar refractivity (Wildman–Crippen MR) is 61.0 cm³/mol. The third-order valence-electron chi connectivity index (χ3n) is 2.38. The molecule has 17 heavy (non-hydrogen) atoms. The summed E-state index contributed by atoms with van der Waals surface area (Å²) in [6.07, 6.45) is 1.79. The number of anilines is 1. The summed E-state index contributed by atoms with van der Waals surface area (Å²) in [5.74, 6) is -1.05. The summed E-state index contributed by atoms with van der Waals surface area (Å²) in [7, 11) is 1.32. The SMILES string of the molecule is CCc1ncnc(NCC(C)C(=O)OC)c1F. The lowest BCUT2D eigenvalue weighted by Gasteiger charge is -2.11. The van der Waals surface area contributed by atoms with E-state index in [1.165, 1.54) is 13.4 Å². The Morgan fingerprint density at radius 3 is 2.88 bits per heavy atom. The van der Waals surface area contributed by atoms with E-state index in [-0.39, 0.29) is 24.2 Å². The van der Waals surface area contributed by atoms with Crippen LogP contribution in [0.2, 0.25) is 0 Å². The average molecular weight is 241 g/mol. The molecular weight excluding hydrogens is 225 g/mol. The quantitative estimate of drug-likeness (QED) is 0.789. The smallest absolute Gasteiger partial charge is 0.310 e. The highest BCUT2D eigenvalue weighted by molar-refractivity contribution is 5.72. The fraction of sp³-hybridized carbons (Fsp3) is 0.545. The third kappa shape index (κ3) is 3.37. The summed E-state index contributed by atoms with van der Waals surface area (Å²) in [6, 6.07) is 0. The van der Waals surface area contributed by atoms with Crippen LogP contribution < -0.4 is 5.32 Å². The topological polar surface area (TPSA) is 64.1 Å². The van der Waals surface area contributed by atoms with Crippen molar-refractivity contribution in [3.63, 3.8) is 0 Å². The number of carbonyl (C=O) groups excluding carboxylic acids is 1. The summed E-state index contributed by atoms with van der Waals surface area (Å²) < 4.78 is 18.3. The first-order valence-electron chi connectivity index (χ1n) is 5.41. The van der Waals surface area contributed by atoms with Gasteiger partial charge in [-0.2, -0.15) is 0 Å². The molecule has 0 saturated carbocycles. The van der Waals surface area contributed by atoms with E-state index < -0.39 is 5.82 Å². The first-order chi connectivity index (χ1) is 8.10. The molecule has 0 fully saturated rings. The standard InChI is InChI=1S/C11H16FN3O2/c1-4-8-9(12)10(15-6-14-8)13-5-7(2)11(16)17-3/h6-7H,4-5H2,1-3H3,(H,13,14,15). The van der Waals surface area contributed by atoms with E-state index in [9.17, 15) is 9.18 Å². The molecule has 0 aliphatic rings. The van der Waals surface area contributed by atoms with Crippen molar-refractivity contribution >= 4 is 11.8 Å². The van der Waals surface area contributed by atoms with Gasteiger partial charge in [0.2, 0.25) is 0 Å². The van der Waals surface area contributed by atoms with Gasteiger partial charge < -0.3 is 10.1 Å². The average Bonchev–Trinajstić information content (AvgIpc) is 2.36. The number of halogens is 1. The highest BCUT2D eigenvalue weighted by Crippen LogP contribution is 2.13. The van der Waals surface area contributed by atoms with Crippen molar-refractivity contribution in [2.45, 2.75) is 20.3 Å². The second kappa shape index (κ2) is 6.12. The van der Waals surface area contributed by atoms with Gasteiger partial charge >= 0.3 is 5.97 Å². The minimum absolute atomic E-state index is 0.118. The van der Waals surface area contributed by atoms with E-state index in [0.717, 1.165) is 0 Å². The van der Waals surface area contributed by atoms with Crippen LogP contribution in [0.5, 0.6) is 0 Å². The van der Waals surface area contributed by atoms with Crippen molar-refractivity contribution in [2.24, 2.45) is 5.92 Å².